The quantitative estimate of drug-likeness (QED) is 0.210. The van der Waals surface area contributed by atoms with E-state index < -0.39 is 0 Å². The Balaban J connectivity index is 2.67. The summed E-state index contributed by atoms with van der Waals surface area (Å²) in [5, 5.41) is 3.38. The second kappa shape index (κ2) is 6.23. The molecular weight excluding hydrogens is 204 g/mol. The Morgan fingerprint density at radius 1 is 1.56 bits per heavy atom. The van der Waals surface area contributed by atoms with Gasteiger partial charge in [0.1, 0.15) is 5.75 Å². The molecule has 5 nitrogen and oxygen atoms in total. The normalized spacial score (nSPS) is 8.56. The maximum atomic E-state index is 8.06. The highest BCUT2D eigenvalue weighted by molar-refractivity contribution is 5.57. The van der Waals surface area contributed by atoms with Crippen LogP contribution in [0.25, 0.3) is 10.4 Å². The Labute approximate surface area is 93.8 Å². The van der Waals surface area contributed by atoms with Crippen LogP contribution < -0.4 is 10.5 Å². The Morgan fingerprint density at radius 3 is 3.00 bits per heavy atom. The molecule has 0 fully saturated rings. The van der Waals surface area contributed by atoms with Gasteiger partial charge in [0.2, 0.25) is 0 Å². The molecular formula is C11H12N4O. The summed E-state index contributed by atoms with van der Waals surface area (Å²) in [6.45, 7) is 0.384. The third-order valence-electron chi connectivity index (χ3n) is 1.86. The van der Waals surface area contributed by atoms with Crippen molar-refractivity contribution in [3.63, 3.8) is 0 Å². The number of rotatable bonds is 3. The lowest BCUT2D eigenvalue weighted by atomic mass is 10.2. The van der Waals surface area contributed by atoms with E-state index in [1.165, 1.54) is 0 Å². The molecule has 0 heterocycles. The highest BCUT2D eigenvalue weighted by Gasteiger charge is 1.97. The molecule has 16 heavy (non-hydrogen) atoms. The molecule has 0 unspecified atom stereocenters. The summed E-state index contributed by atoms with van der Waals surface area (Å²) in [7, 11) is 1.57. The van der Waals surface area contributed by atoms with Crippen molar-refractivity contribution in [2.24, 2.45) is 5.11 Å². The van der Waals surface area contributed by atoms with Gasteiger partial charge in [0.25, 0.3) is 0 Å². The Hall–Kier alpha value is -2.31. The maximum Gasteiger partial charge on any atom is 0.141 e. The molecule has 1 rings (SSSR count). The van der Waals surface area contributed by atoms with Gasteiger partial charge in [0.15, 0.2) is 0 Å². The van der Waals surface area contributed by atoms with Gasteiger partial charge < -0.3 is 10.5 Å². The smallest absolute Gasteiger partial charge is 0.141 e. The van der Waals surface area contributed by atoms with Gasteiger partial charge in [-0.05, 0) is 23.7 Å². The van der Waals surface area contributed by atoms with Gasteiger partial charge in [-0.2, -0.15) is 0 Å². The second-order valence-corrected chi connectivity index (χ2v) is 2.96. The molecule has 1 aromatic rings. The van der Waals surface area contributed by atoms with E-state index in [9.17, 15) is 0 Å². The number of anilines is 1. The van der Waals surface area contributed by atoms with Crippen LogP contribution in [-0.4, -0.2) is 13.7 Å². The highest BCUT2D eigenvalue weighted by Crippen LogP contribution is 2.21. The molecule has 0 aromatic heterocycles. The fraction of sp³-hybridized carbons (Fsp3) is 0.273. The number of ether oxygens (including phenoxy) is 1. The molecule has 2 N–H and O–H groups in total. The van der Waals surface area contributed by atoms with Crippen LogP contribution in [0.4, 0.5) is 5.69 Å². The van der Waals surface area contributed by atoms with Crippen LogP contribution in [0.15, 0.2) is 23.3 Å². The Kier molecular flexibility index (Phi) is 4.58. The van der Waals surface area contributed by atoms with E-state index in [1.807, 2.05) is 6.07 Å². The van der Waals surface area contributed by atoms with Crippen LogP contribution in [-0.2, 0) is 0 Å². The summed E-state index contributed by atoms with van der Waals surface area (Å²) < 4.78 is 5.03. The standard InChI is InChI=1S/C11H12N4O/c1-16-11-6-5-9(8-10(11)12)4-2-3-7-14-15-13/h5-6,8H,3,7,12H2,1H3. The van der Waals surface area contributed by atoms with E-state index in [-0.39, 0.29) is 0 Å². The van der Waals surface area contributed by atoms with Crippen LogP contribution >= 0.6 is 0 Å². The minimum atomic E-state index is 0.384. The first kappa shape index (κ1) is 11.8. The molecule has 0 aliphatic rings. The summed E-state index contributed by atoms with van der Waals surface area (Å²) in [4.78, 5) is 2.64. The lowest BCUT2D eigenvalue weighted by Gasteiger charge is -2.03. The van der Waals surface area contributed by atoms with Crippen molar-refractivity contribution in [3.8, 4) is 17.6 Å². The Bertz CT molecular complexity index is 467. The van der Waals surface area contributed by atoms with E-state index in [0.717, 1.165) is 5.56 Å². The molecule has 1 aromatic carbocycles. The van der Waals surface area contributed by atoms with E-state index in [2.05, 4.69) is 21.9 Å². The van der Waals surface area contributed by atoms with Gasteiger partial charge in [0, 0.05) is 23.4 Å². The van der Waals surface area contributed by atoms with Crippen LogP contribution in [0.5, 0.6) is 5.75 Å². The number of nitrogens with two attached hydrogens (primary N) is 1. The van der Waals surface area contributed by atoms with Gasteiger partial charge >= 0.3 is 0 Å². The van der Waals surface area contributed by atoms with Crippen LogP contribution in [0.3, 0.4) is 0 Å². The molecule has 82 valence electrons. The predicted molar refractivity (Wildman–Crippen MR) is 62.9 cm³/mol. The van der Waals surface area contributed by atoms with Gasteiger partial charge in [-0.3, -0.25) is 0 Å². The first-order valence-electron chi connectivity index (χ1n) is 4.71. The van der Waals surface area contributed by atoms with Crippen molar-refractivity contribution < 1.29 is 4.74 Å². The zero-order valence-electron chi connectivity index (χ0n) is 8.97. The summed E-state index contributed by atoms with van der Waals surface area (Å²) in [6, 6.07) is 5.35. The fourth-order valence-electron chi connectivity index (χ4n) is 1.13. The van der Waals surface area contributed by atoms with Gasteiger partial charge in [-0.15, -0.1) is 0 Å². The molecule has 0 aliphatic heterocycles. The average molecular weight is 216 g/mol. The summed E-state index contributed by atoms with van der Waals surface area (Å²) in [5.41, 5.74) is 15.2. The van der Waals surface area contributed by atoms with Crippen LogP contribution in [0.2, 0.25) is 0 Å². The summed E-state index contributed by atoms with van der Waals surface area (Å²) in [6.07, 6.45) is 0.538. The van der Waals surface area contributed by atoms with E-state index in [4.69, 9.17) is 16.0 Å². The molecule has 5 heteroatoms. The number of hydrogen-bond donors (Lipinski definition) is 1. The minimum absolute atomic E-state index is 0.384. The first-order chi connectivity index (χ1) is 7.77. The summed E-state index contributed by atoms with van der Waals surface area (Å²) in [5.74, 6) is 6.46. The summed E-state index contributed by atoms with van der Waals surface area (Å²) >= 11 is 0. The third kappa shape index (κ3) is 3.45. The van der Waals surface area contributed by atoms with E-state index in [0.29, 0.717) is 24.4 Å². The monoisotopic (exact) mass is 216 g/mol. The topological polar surface area (TPSA) is 84.0 Å². The predicted octanol–water partition coefficient (Wildman–Crippen LogP) is 2.33. The van der Waals surface area contributed by atoms with E-state index in [1.54, 1.807) is 19.2 Å². The van der Waals surface area contributed by atoms with Gasteiger partial charge in [-0.1, -0.05) is 17.0 Å². The largest absolute Gasteiger partial charge is 0.495 e. The SMILES string of the molecule is COc1ccc(C#CCCN=[N+]=[N-])cc1N. The zero-order chi connectivity index (χ0) is 11.8. The van der Waals surface area contributed by atoms with Crippen molar-refractivity contribution in [2.75, 3.05) is 19.4 Å². The number of azide groups is 1. The van der Waals surface area contributed by atoms with E-state index >= 15 is 0 Å². The zero-order valence-corrected chi connectivity index (χ0v) is 8.97. The van der Waals surface area contributed by atoms with Crippen LogP contribution in [0.1, 0.15) is 12.0 Å². The minimum Gasteiger partial charge on any atom is -0.495 e. The maximum absolute atomic E-state index is 8.06. The lowest BCUT2D eigenvalue weighted by molar-refractivity contribution is 0.417. The molecule has 0 saturated carbocycles. The van der Waals surface area contributed by atoms with Crippen molar-refractivity contribution in [1.82, 2.24) is 0 Å². The average Bonchev–Trinajstić information content (AvgIpc) is 2.29. The van der Waals surface area contributed by atoms with Gasteiger partial charge in [0.05, 0.1) is 12.8 Å². The second-order valence-electron chi connectivity index (χ2n) is 2.96. The molecule has 0 bridgehead atoms. The van der Waals surface area contributed by atoms with Crippen molar-refractivity contribution >= 4 is 5.69 Å². The van der Waals surface area contributed by atoms with Crippen LogP contribution in [0, 0.1) is 11.8 Å². The molecule has 0 saturated heterocycles. The lowest BCUT2D eigenvalue weighted by Crippen LogP contribution is -1.92. The number of benzene rings is 1. The van der Waals surface area contributed by atoms with Crippen molar-refractivity contribution in [2.45, 2.75) is 6.42 Å². The first-order valence-corrected chi connectivity index (χ1v) is 4.71. The number of methoxy groups -OCH3 is 1. The fourth-order valence-corrected chi connectivity index (χ4v) is 1.13. The van der Waals surface area contributed by atoms with Crippen molar-refractivity contribution in [1.29, 1.82) is 0 Å². The van der Waals surface area contributed by atoms with Crippen molar-refractivity contribution in [3.05, 3.63) is 34.2 Å². The number of nitrogens with zero attached hydrogens (tertiary/aromatic N) is 3. The molecule has 0 amide bonds. The van der Waals surface area contributed by atoms with Gasteiger partial charge in [-0.25, -0.2) is 0 Å². The molecule has 0 aliphatic carbocycles. The molecule has 0 spiro atoms. The third-order valence-corrected chi connectivity index (χ3v) is 1.86. The molecule has 0 radical (unpaired) electrons. The number of hydrogen-bond acceptors (Lipinski definition) is 3. The number of nitrogen functional groups attached to an aromatic ring is 1. The highest BCUT2D eigenvalue weighted by atomic mass is 16.5. The Morgan fingerprint density at radius 2 is 2.38 bits per heavy atom. The molecule has 0 atom stereocenters.